The van der Waals surface area contributed by atoms with E-state index in [1.165, 1.54) is 24.5 Å². The van der Waals surface area contributed by atoms with Gasteiger partial charge in [0.2, 0.25) is 0 Å². The molecule has 0 aliphatic heterocycles. The maximum Gasteiger partial charge on any atom is 0.311 e. The van der Waals surface area contributed by atoms with Gasteiger partial charge in [-0.1, -0.05) is 11.6 Å². The number of carbonyl (C=O) groups excluding carboxylic acids is 2. The van der Waals surface area contributed by atoms with E-state index < -0.39 is 11.9 Å². The normalized spacial score (nSPS) is 10.2. The molecule has 0 saturated heterocycles. The number of benzene rings is 1. The Morgan fingerprint density at radius 3 is 2.90 bits per heavy atom. The highest BCUT2D eigenvalue weighted by atomic mass is 32.1. The molecule has 0 atom stereocenters. The number of aromatic nitrogens is 1. The van der Waals surface area contributed by atoms with E-state index in [0.717, 1.165) is 5.56 Å². The first kappa shape index (κ1) is 15.0. The first-order valence-corrected chi connectivity index (χ1v) is 6.99. The summed E-state index contributed by atoms with van der Waals surface area (Å²) in [5.41, 5.74) is 1.57. The minimum Gasteiger partial charge on any atom is -0.507 e. The van der Waals surface area contributed by atoms with Gasteiger partial charge < -0.3 is 9.84 Å². The van der Waals surface area contributed by atoms with Gasteiger partial charge in [0.05, 0.1) is 24.8 Å². The third kappa shape index (κ3) is 3.79. The first-order chi connectivity index (χ1) is 9.99. The number of methoxy groups -OCH3 is 1. The third-order valence-corrected chi connectivity index (χ3v) is 3.53. The Kier molecular flexibility index (Phi) is 4.54. The topological polar surface area (TPSA) is 88.5 Å². The number of hydrogen-bond donors (Lipinski definition) is 2. The van der Waals surface area contributed by atoms with Crippen LogP contribution in [0.15, 0.2) is 23.6 Å². The van der Waals surface area contributed by atoms with E-state index in [1.54, 1.807) is 17.5 Å². The fourth-order valence-corrected chi connectivity index (χ4v) is 2.37. The van der Waals surface area contributed by atoms with Crippen LogP contribution < -0.4 is 5.32 Å². The maximum absolute atomic E-state index is 12.1. The smallest absolute Gasteiger partial charge is 0.311 e. The molecule has 7 heteroatoms. The number of phenolic OH excluding ortho intramolecular Hbond substituents is 1. The summed E-state index contributed by atoms with van der Waals surface area (Å²) in [6.07, 6.45) is 0.0541. The van der Waals surface area contributed by atoms with Crippen LogP contribution in [0.25, 0.3) is 0 Å². The van der Waals surface area contributed by atoms with Crippen LogP contribution in [0.4, 0.5) is 5.13 Å². The highest BCUT2D eigenvalue weighted by Gasteiger charge is 2.14. The molecule has 0 aliphatic rings. The lowest BCUT2D eigenvalue weighted by atomic mass is 10.1. The van der Waals surface area contributed by atoms with Crippen LogP contribution in [0.2, 0.25) is 0 Å². The van der Waals surface area contributed by atoms with Crippen LogP contribution in [0, 0.1) is 6.92 Å². The van der Waals surface area contributed by atoms with Gasteiger partial charge in [0.25, 0.3) is 5.91 Å². The van der Waals surface area contributed by atoms with E-state index in [9.17, 15) is 14.7 Å². The van der Waals surface area contributed by atoms with E-state index in [1.807, 2.05) is 6.92 Å². The monoisotopic (exact) mass is 306 g/mol. The highest BCUT2D eigenvalue weighted by Crippen LogP contribution is 2.21. The number of nitrogens with one attached hydrogen (secondary N) is 1. The van der Waals surface area contributed by atoms with Gasteiger partial charge >= 0.3 is 5.97 Å². The molecule has 0 fully saturated rings. The molecule has 110 valence electrons. The quantitative estimate of drug-likeness (QED) is 0.845. The number of nitrogens with zero attached hydrogens (tertiary/aromatic N) is 1. The second kappa shape index (κ2) is 6.36. The number of esters is 1. The van der Waals surface area contributed by atoms with Crippen LogP contribution in [0.5, 0.6) is 5.75 Å². The van der Waals surface area contributed by atoms with Crippen LogP contribution in [-0.4, -0.2) is 29.1 Å². The summed E-state index contributed by atoms with van der Waals surface area (Å²) >= 11 is 1.20. The van der Waals surface area contributed by atoms with Gasteiger partial charge in [-0.15, -0.1) is 11.3 Å². The minimum absolute atomic E-state index is 0.0541. The van der Waals surface area contributed by atoms with Crippen LogP contribution in [-0.2, 0) is 16.0 Å². The van der Waals surface area contributed by atoms with Crippen molar-refractivity contribution < 1.29 is 19.4 Å². The number of phenols is 1. The lowest BCUT2D eigenvalue weighted by molar-refractivity contribution is -0.139. The van der Waals surface area contributed by atoms with Crippen molar-refractivity contribution in [2.75, 3.05) is 12.4 Å². The number of ether oxygens (including phenoxy) is 1. The van der Waals surface area contributed by atoms with E-state index in [2.05, 4.69) is 15.0 Å². The zero-order chi connectivity index (χ0) is 15.4. The molecule has 1 aromatic heterocycles. The Hall–Kier alpha value is -2.41. The Morgan fingerprint density at radius 1 is 1.43 bits per heavy atom. The molecule has 0 bridgehead atoms. The predicted octanol–water partition coefficient (Wildman–Crippen LogP) is 2.12. The second-order valence-electron chi connectivity index (χ2n) is 4.37. The number of thiazole rings is 1. The van der Waals surface area contributed by atoms with Crippen molar-refractivity contribution in [2.45, 2.75) is 13.3 Å². The van der Waals surface area contributed by atoms with E-state index in [0.29, 0.717) is 10.8 Å². The fraction of sp³-hybridized carbons (Fsp3) is 0.214. The lowest BCUT2D eigenvalue weighted by Crippen LogP contribution is -2.12. The number of anilines is 1. The standard InChI is InChI=1S/C14H14N2O4S/c1-8-3-4-11(17)10(5-8)13(19)16-14-15-9(7-21-14)6-12(18)20-2/h3-5,7,17H,6H2,1-2H3,(H,15,16,19). The molecule has 0 saturated carbocycles. The van der Waals surface area contributed by atoms with Crippen molar-refractivity contribution in [3.63, 3.8) is 0 Å². The largest absolute Gasteiger partial charge is 0.507 e. The summed E-state index contributed by atoms with van der Waals surface area (Å²) in [5, 5.41) is 14.3. The number of amides is 1. The van der Waals surface area contributed by atoms with E-state index >= 15 is 0 Å². The summed E-state index contributed by atoms with van der Waals surface area (Å²) in [4.78, 5) is 27.3. The molecule has 1 aromatic carbocycles. The Morgan fingerprint density at radius 2 is 2.19 bits per heavy atom. The SMILES string of the molecule is COC(=O)Cc1csc(NC(=O)c2cc(C)ccc2O)n1. The lowest BCUT2D eigenvalue weighted by Gasteiger charge is -2.05. The van der Waals surface area contributed by atoms with Gasteiger partial charge in [0, 0.05) is 5.38 Å². The molecule has 0 radical (unpaired) electrons. The van der Waals surface area contributed by atoms with Gasteiger partial charge in [-0.2, -0.15) is 0 Å². The molecule has 0 spiro atoms. The fourth-order valence-electron chi connectivity index (χ4n) is 1.66. The predicted molar refractivity (Wildman–Crippen MR) is 78.6 cm³/mol. The Balaban J connectivity index is 2.09. The van der Waals surface area contributed by atoms with Gasteiger partial charge in [0.1, 0.15) is 5.75 Å². The summed E-state index contributed by atoms with van der Waals surface area (Å²) in [5.74, 6) is -0.936. The number of rotatable bonds is 4. The van der Waals surface area contributed by atoms with Crippen molar-refractivity contribution in [2.24, 2.45) is 0 Å². The van der Waals surface area contributed by atoms with Crippen molar-refractivity contribution >= 4 is 28.3 Å². The Labute approximate surface area is 125 Å². The summed E-state index contributed by atoms with van der Waals surface area (Å²) in [6.45, 7) is 1.83. The van der Waals surface area contributed by atoms with E-state index in [-0.39, 0.29) is 17.7 Å². The summed E-state index contributed by atoms with van der Waals surface area (Å²) < 4.78 is 4.55. The summed E-state index contributed by atoms with van der Waals surface area (Å²) in [7, 11) is 1.30. The molecule has 2 rings (SSSR count). The molecular weight excluding hydrogens is 292 g/mol. The third-order valence-electron chi connectivity index (χ3n) is 2.72. The van der Waals surface area contributed by atoms with Crippen LogP contribution in [0.3, 0.4) is 0 Å². The van der Waals surface area contributed by atoms with Gasteiger partial charge in [0.15, 0.2) is 5.13 Å². The van der Waals surface area contributed by atoms with Crippen LogP contribution in [0.1, 0.15) is 21.6 Å². The highest BCUT2D eigenvalue weighted by molar-refractivity contribution is 7.14. The molecular formula is C14H14N2O4S. The van der Waals surface area contributed by atoms with Crippen LogP contribution >= 0.6 is 11.3 Å². The molecule has 0 unspecified atom stereocenters. The van der Waals surface area contributed by atoms with Crippen molar-refractivity contribution in [1.82, 2.24) is 4.98 Å². The average molecular weight is 306 g/mol. The molecule has 1 heterocycles. The number of hydrogen-bond acceptors (Lipinski definition) is 6. The molecule has 1 amide bonds. The molecule has 2 aromatic rings. The zero-order valence-corrected chi connectivity index (χ0v) is 12.4. The first-order valence-electron chi connectivity index (χ1n) is 6.12. The van der Waals surface area contributed by atoms with Gasteiger partial charge in [-0.3, -0.25) is 14.9 Å². The maximum atomic E-state index is 12.1. The van der Waals surface area contributed by atoms with Gasteiger partial charge in [-0.05, 0) is 19.1 Å². The van der Waals surface area contributed by atoms with E-state index in [4.69, 9.17) is 0 Å². The average Bonchev–Trinajstić information content (AvgIpc) is 2.88. The molecule has 21 heavy (non-hydrogen) atoms. The number of aryl methyl sites for hydroxylation is 1. The Bertz CT molecular complexity index is 681. The summed E-state index contributed by atoms with van der Waals surface area (Å²) in [6, 6.07) is 4.77. The number of carbonyl (C=O) groups is 2. The number of aromatic hydroxyl groups is 1. The second-order valence-corrected chi connectivity index (χ2v) is 5.23. The van der Waals surface area contributed by atoms with Gasteiger partial charge in [-0.25, -0.2) is 4.98 Å². The van der Waals surface area contributed by atoms with Crippen molar-refractivity contribution in [1.29, 1.82) is 0 Å². The molecule has 2 N–H and O–H groups in total. The molecule has 0 aliphatic carbocycles. The zero-order valence-electron chi connectivity index (χ0n) is 11.5. The van der Waals surface area contributed by atoms with Crippen molar-refractivity contribution in [3.05, 3.63) is 40.4 Å². The minimum atomic E-state index is -0.449. The molecule has 6 nitrogen and oxygen atoms in total. The van der Waals surface area contributed by atoms with Crippen molar-refractivity contribution in [3.8, 4) is 5.75 Å².